The molecule has 1 aromatic heterocycles. The van der Waals surface area contributed by atoms with Crippen molar-refractivity contribution in [3.05, 3.63) is 89.8 Å². The molecule has 0 aliphatic rings. The first-order chi connectivity index (χ1) is 16.9. The lowest BCUT2D eigenvalue weighted by Crippen LogP contribution is -2.20. The third-order valence-electron chi connectivity index (χ3n) is 5.20. The van der Waals surface area contributed by atoms with Crippen LogP contribution >= 0.6 is 0 Å². The first kappa shape index (κ1) is 25.2. The van der Waals surface area contributed by atoms with Gasteiger partial charge in [-0.1, -0.05) is 30.4 Å². The summed E-state index contributed by atoms with van der Waals surface area (Å²) in [7, 11) is 0. The predicted octanol–water partition coefficient (Wildman–Crippen LogP) is 5.18. The van der Waals surface area contributed by atoms with Gasteiger partial charge in [-0.25, -0.2) is 18.7 Å². The first-order valence-corrected chi connectivity index (χ1v) is 10.8. The number of benzene rings is 2. The predicted molar refractivity (Wildman–Crippen MR) is 126 cm³/mol. The summed E-state index contributed by atoms with van der Waals surface area (Å²) in [5.74, 6) is -4.82. The van der Waals surface area contributed by atoms with Gasteiger partial charge in [0, 0.05) is 31.0 Å². The van der Waals surface area contributed by atoms with Gasteiger partial charge in [-0.15, -0.1) is 0 Å². The molecule has 0 saturated heterocycles. The molecule has 0 radical (unpaired) electrons. The monoisotopic (exact) mass is 476 g/mol. The summed E-state index contributed by atoms with van der Waals surface area (Å²) in [5.41, 5.74) is 0.838. The molecule has 0 saturated carbocycles. The maximum absolute atomic E-state index is 13.8. The highest BCUT2D eigenvalue weighted by atomic mass is 19.1. The number of rotatable bonds is 11. The molecular formula is C26H22F2N4O3. The molecule has 0 amide bonds. The highest BCUT2D eigenvalue weighted by Crippen LogP contribution is 2.24. The Balaban J connectivity index is 1.68. The Labute approximate surface area is 201 Å². The van der Waals surface area contributed by atoms with Gasteiger partial charge in [-0.2, -0.15) is 5.26 Å². The molecular weight excluding hydrogens is 454 g/mol. The van der Waals surface area contributed by atoms with Gasteiger partial charge < -0.3 is 10.0 Å². The van der Waals surface area contributed by atoms with E-state index in [1.54, 1.807) is 30.6 Å². The topological polar surface area (TPSA) is 107 Å². The average Bonchev–Trinajstić information content (AvgIpc) is 2.85. The third kappa shape index (κ3) is 6.77. The Morgan fingerprint density at radius 2 is 1.71 bits per heavy atom. The van der Waals surface area contributed by atoms with Gasteiger partial charge in [0.1, 0.15) is 11.6 Å². The van der Waals surface area contributed by atoms with Crippen molar-refractivity contribution >= 4 is 29.5 Å². The number of aliphatic carboxylic acids is 1. The molecule has 1 heterocycles. The van der Waals surface area contributed by atoms with Crippen molar-refractivity contribution in [1.82, 2.24) is 9.97 Å². The molecule has 2 aromatic carbocycles. The molecule has 35 heavy (non-hydrogen) atoms. The Bertz CT molecular complexity index is 1220. The molecule has 0 bridgehead atoms. The Morgan fingerprint density at radius 1 is 1.06 bits per heavy atom. The van der Waals surface area contributed by atoms with Crippen molar-refractivity contribution in [2.45, 2.75) is 19.3 Å². The van der Waals surface area contributed by atoms with Crippen LogP contribution in [0.15, 0.2) is 67.0 Å². The summed E-state index contributed by atoms with van der Waals surface area (Å²) < 4.78 is 27.7. The van der Waals surface area contributed by atoms with E-state index in [9.17, 15) is 23.5 Å². The molecule has 0 spiro atoms. The number of ketones is 1. The Hall–Kier alpha value is -4.45. The van der Waals surface area contributed by atoms with Crippen molar-refractivity contribution in [3.8, 4) is 6.07 Å². The summed E-state index contributed by atoms with van der Waals surface area (Å²) >= 11 is 0. The maximum atomic E-state index is 13.8. The van der Waals surface area contributed by atoms with Crippen molar-refractivity contribution in [3.63, 3.8) is 0 Å². The van der Waals surface area contributed by atoms with Gasteiger partial charge in [0.2, 0.25) is 5.95 Å². The smallest absolute Gasteiger partial charge is 0.307 e. The number of carbonyl (C=O) groups is 2. The normalized spacial score (nSPS) is 11.7. The summed E-state index contributed by atoms with van der Waals surface area (Å²) in [6.07, 6.45) is 6.30. The zero-order valence-corrected chi connectivity index (χ0v) is 18.6. The SMILES string of the molecule is N#CCCN(c1ccc(/C=C/CC(CC(=O)c2c(F)cccc2F)C(=O)O)cc1)c1ncccn1. The van der Waals surface area contributed by atoms with E-state index < -0.39 is 41.3 Å². The first-order valence-electron chi connectivity index (χ1n) is 10.8. The summed E-state index contributed by atoms with van der Waals surface area (Å²) in [6, 6.07) is 14.1. The van der Waals surface area contributed by atoms with Crippen LogP contribution in [0, 0.1) is 28.9 Å². The van der Waals surface area contributed by atoms with Crippen molar-refractivity contribution < 1.29 is 23.5 Å². The Kier molecular flexibility index (Phi) is 8.73. The molecule has 0 fully saturated rings. The number of nitriles is 1. The zero-order valence-electron chi connectivity index (χ0n) is 18.6. The van der Waals surface area contributed by atoms with Crippen LogP contribution in [0.3, 0.4) is 0 Å². The van der Waals surface area contributed by atoms with E-state index in [0.29, 0.717) is 12.5 Å². The number of hydrogen-bond donors (Lipinski definition) is 1. The molecule has 1 N–H and O–H groups in total. The van der Waals surface area contributed by atoms with Crippen LogP contribution in [-0.4, -0.2) is 33.4 Å². The number of halogens is 2. The van der Waals surface area contributed by atoms with Crippen LogP contribution in [-0.2, 0) is 4.79 Å². The summed E-state index contributed by atoms with van der Waals surface area (Å²) in [5, 5.41) is 18.4. The number of carboxylic acid groups (broad SMARTS) is 1. The van der Waals surface area contributed by atoms with Gasteiger partial charge in [0.05, 0.1) is 24.0 Å². The highest BCUT2D eigenvalue weighted by Gasteiger charge is 2.24. The number of carboxylic acids is 1. The molecule has 0 aliphatic carbocycles. The van der Waals surface area contributed by atoms with Crippen LogP contribution in [0.5, 0.6) is 0 Å². The number of allylic oxidation sites excluding steroid dienone is 1. The molecule has 1 atom stereocenters. The molecule has 7 nitrogen and oxygen atoms in total. The van der Waals surface area contributed by atoms with Gasteiger partial charge >= 0.3 is 5.97 Å². The molecule has 1 unspecified atom stereocenters. The van der Waals surface area contributed by atoms with E-state index in [-0.39, 0.29) is 12.8 Å². The lowest BCUT2D eigenvalue weighted by molar-refractivity contribution is -0.141. The highest BCUT2D eigenvalue weighted by molar-refractivity contribution is 5.98. The van der Waals surface area contributed by atoms with Gasteiger partial charge in [-0.3, -0.25) is 9.59 Å². The third-order valence-corrected chi connectivity index (χ3v) is 5.20. The van der Waals surface area contributed by atoms with Gasteiger partial charge in [-0.05, 0) is 42.3 Å². The van der Waals surface area contributed by atoms with Crippen molar-refractivity contribution in [2.75, 3.05) is 11.4 Å². The molecule has 3 aromatic rings. The van der Waals surface area contributed by atoms with Crippen molar-refractivity contribution in [1.29, 1.82) is 5.26 Å². The minimum atomic E-state index is -1.23. The number of hydrogen-bond acceptors (Lipinski definition) is 6. The number of anilines is 2. The second-order valence-corrected chi connectivity index (χ2v) is 7.60. The number of Topliss-reactive ketones (excluding diaryl/α,β-unsaturated/α-hetero) is 1. The van der Waals surface area contributed by atoms with Gasteiger partial charge in [0.25, 0.3) is 0 Å². The summed E-state index contributed by atoms with van der Waals surface area (Å²) in [6.45, 7) is 0.409. The largest absolute Gasteiger partial charge is 0.481 e. The van der Waals surface area contributed by atoms with Crippen molar-refractivity contribution in [2.24, 2.45) is 5.92 Å². The van der Waals surface area contributed by atoms with Crippen LogP contribution in [0.4, 0.5) is 20.4 Å². The van der Waals surface area contributed by atoms with E-state index >= 15 is 0 Å². The fraction of sp³-hybridized carbons (Fsp3) is 0.192. The minimum Gasteiger partial charge on any atom is -0.481 e. The molecule has 9 heteroatoms. The minimum absolute atomic E-state index is 0.00501. The number of aromatic nitrogens is 2. The average molecular weight is 476 g/mol. The van der Waals surface area contributed by atoms with E-state index in [0.717, 1.165) is 29.4 Å². The number of nitrogens with zero attached hydrogens (tertiary/aromatic N) is 4. The maximum Gasteiger partial charge on any atom is 0.307 e. The van der Waals surface area contributed by atoms with E-state index in [1.165, 1.54) is 0 Å². The molecule has 0 aliphatic heterocycles. The van der Waals surface area contributed by atoms with Crippen LogP contribution < -0.4 is 4.90 Å². The second kappa shape index (κ2) is 12.1. The summed E-state index contributed by atoms with van der Waals surface area (Å²) in [4.78, 5) is 34.2. The zero-order chi connectivity index (χ0) is 25.2. The Morgan fingerprint density at radius 3 is 2.31 bits per heavy atom. The van der Waals surface area contributed by atoms with Crippen LogP contribution in [0.2, 0.25) is 0 Å². The lowest BCUT2D eigenvalue weighted by atomic mass is 9.94. The van der Waals surface area contributed by atoms with Crippen LogP contribution in [0.1, 0.15) is 35.2 Å². The molecule has 3 rings (SSSR count). The number of carbonyl (C=O) groups excluding carboxylic acids is 1. The quantitative estimate of drug-likeness (QED) is 0.380. The van der Waals surface area contributed by atoms with E-state index in [1.807, 2.05) is 29.2 Å². The fourth-order valence-corrected chi connectivity index (χ4v) is 3.43. The second-order valence-electron chi connectivity index (χ2n) is 7.60. The van der Waals surface area contributed by atoms with E-state index in [4.69, 9.17) is 5.26 Å². The van der Waals surface area contributed by atoms with Gasteiger partial charge in [0.15, 0.2) is 5.78 Å². The molecule has 178 valence electrons. The fourth-order valence-electron chi connectivity index (χ4n) is 3.43. The lowest BCUT2D eigenvalue weighted by Gasteiger charge is -2.21. The standard InChI is InChI=1S/C26H22F2N4O3/c27-21-7-2-8-22(28)24(21)23(33)17-19(25(34)35)6-1-5-18-9-11-20(12-10-18)32(16-3-13-29)26-30-14-4-15-31-26/h1-2,4-5,7-12,14-15,19H,3,6,16-17H2,(H,34,35)/b5-1+. The van der Waals surface area contributed by atoms with E-state index in [2.05, 4.69) is 16.0 Å². The van der Waals surface area contributed by atoms with Crippen LogP contribution in [0.25, 0.3) is 6.08 Å².